The van der Waals surface area contributed by atoms with Gasteiger partial charge >= 0.3 is 0 Å². The predicted molar refractivity (Wildman–Crippen MR) is 73.5 cm³/mol. The highest BCUT2D eigenvalue weighted by Gasteiger charge is 2.13. The molecule has 5 heteroatoms. The van der Waals surface area contributed by atoms with Crippen molar-refractivity contribution in [3.8, 4) is 0 Å². The first-order chi connectivity index (χ1) is 7.97. The zero-order valence-electron chi connectivity index (χ0n) is 10.6. The molecule has 3 N–H and O–H groups in total. The number of nitrogens with zero attached hydrogens (tertiary/aromatic N) is 2. The molecule has 92 valence electrons. The molecule has 2 aromatic heterocycles. The number of thiophene rings is 1. The van der Waals surface area contributed by atoms with E-state index in [4.69, 9.17) is 5.73 Å². The average Bonchev–Trinajstić information content (AvgIpc) is 2.70. The van der Waals surface area contributed by atoms with Gasteiger partial charge < -0.3 is 11.1 Å². The van der Waals surface area contributed by atoms with Crippen LogP contribution in [-0.4, -0.2) is 9.78 Å². The zero-order valence-corrected chi connectivity index (χ0v) is 11.4. The average molecular weight is 250 g/mol. The Balaban J connectivity index is 2.19. The van der Waals surface area contributed by atoms with Gasteiger partial charge in [0.05, 0.1) is 11.7 Å². The van der Waals surface area contributed by atoms with Gasteiger partial charge in [-0.05, 0) is 32.4 Å². The summed E-state index contributed by atoms with van der Waals surface area (Å²) in [7, 11) is 1.87. The molecular weight excluding hydrogens is 232 g/mol. The SMILES string of the molecule is Cc1cc(C(C)Nc2nn(C)cc2N)c(C)s1. The summed E-state index contributed by atoms with van der Waals surface area (Å²) in [6.07, 6.45) is 1.81. The maximum atomic E-state index is 5.87. The molecule has 0 aliphatic heterocycles. The van der Waals surface area contributed by atoms with E-state index < -0.39 is 0 Å². The number of hydrogen-bond donors (Lipinski definition) is 2. The third-order valence-corrected chi connectivity index (χ3v) is 3.74. The molecule has 1 atom stereocenters. The predicted octanol–water partition coefficient (Wildman–Crippen LogP) is 2.85. The number of aryl methyl sites for hydroxylation is 3. The fraction of sp³-hybridized carbons (Fsp3) is 0.417. The number of aromatic nitrogens is 2. The fourth-order valence-corrected chi connectivity index (χ4v) is 3.00. The van der Waals surface area contributed by atoms with Crippen LogP contribution in [0.1, 0.15) is 28.3 Å². The van der Waals surface area contributed by atoms with Gasteiger partial charge in [0.15, 0.2) is 5.82 Å². The van der Waals surface area contributed by atoms with Gasteiger partial charge in [-0.15, -0.1) is 11.3 Å². The molecule has 0 aliphatic carbocycles. The Labute approximate surface area is 105 Å². The molecule has 0 saturated heterocycles. The molecule has 17 heavy (non-hydrogen) atoms. The lowest BCUT2D eigenvalue weighted by atomic mass is 10.1. The summed E-state index contributed by atoms with van der Waals surface area (Å²) in [4.78, 5) is 2.68. The molecule has 0 amide bonds. The Hall–Kier alpha value is -1.49. The highest BCUT2D eigenvalue weighted by atomic mass is 32.1. The van der Waals surface area contributed by atoms with Crippen LogP contribution in [-0.2, 0) is 7.05 Å². The summed E-state index contributed by atoms with van der Waals surface area (Å²) >= 11 is 1.82. The standard InChI is InChI=1S/C12H18N4S/c1-7-5-10(9(3)17-7)8(2)14-12-11(13)6-16(4)15-12/h5-6,8H,13H2,1-4H3,(H,14,15). The van der Waals surface area contributed by atoms with Gasteiger partial charge in [0.2, 0.25) is 0 Å². The third-order valence-electron chi connectivity index (χ3n) is 2.76. The van der Waals surface area contributed by atoms with E-state index >= 15 is 0 Å². The van der Waals surface area contributed by atoms with Crippen molar-refractivity contribution in [2.45, 2.75) is 26.8 Å². The number of hydrogen-bond acceptors (Lipinski definition) is 4. The van der Waals surface area contributed by atoms with Crippen LogP contribution in [0.4, 0.5) is 11.5 Å². The maximum absolute atomic E-state index is 5.87. The number of nitrogens with one attached hydrogen (secondary N) is 1. The van der Waals surface area contributed by atoms with E-state index in [1.165, 1.54) is 15.3 Å². The second-order valence-electron chi connectivity index (χ2n) is 4.34. The molecule has 0 spiro atoms. The van der Waals surface area contributed by atoms with Crippen molar-refractivity contribution >= 4 is 22.8 Å². The van der Waals surface area contributed by atoms with E-state index in [0.29, 0.717) is 5.69 Å². The monoisotopic (exact) mass is 250 g/mol. The Bertz CT molecular complexity index is 527. The fourth-order valence-electron chi connectivity index (χ4n) is 1.98. The first kappa shape index (κ1) is 12.0. The number of nitrogen functional groups attached to an aromatic ring is 1. The minimum absolute atomic E-state index is 0.220. The summed E-state index contributed by atoms with van der Waals surface area (Å²) in [6, 6.07) is 2.44. The van der Waals surface area contributed by atoms with Crippen molar-refractivity contribution in [3.05, 3.63) is 27.6 Å². The van der Waals surface area contributed by atoms with Gasteiger partial charge in [-0.1, -0.05) is 0 Å². The van der Waals surface area contributed by atoms with E-state index in [2.05, 4.69) is 37.3 Å². The molecule has 0 bridgehead atoms. The Morgan fingerprint density at radius 2 is 2.18 bits per heavy atom. The molecule has 0 aromatic carbocycles. The summed E-state index contributed by atoms with van der Waals surface area (Å²) in [5, 5.41) is 7.65. The Morgan fingerprint density at radius 1 is 1.47 bits per heavy atom. The second-order valence-corrected chi connectivity index (χ2v) is 5.80. The van der Waals surface area contributed by atoms with E-state index in [0.717, 1.165) is 5.82 Å². The van der Waals surface area contributed by atoms with E-state index in [1.54, 1.807) is 10.9 Å². The lowest BCUT2D eigenvalue weighted by molar-refractivity contribution is 0.760. The third kappa shape index (κ3) is 2.44. The van der Waals surface area contributed by atoms with Crippen molar-refractivity contribution in [1.82, 2.24) is 9.78 Å². The van der Waals surface area contributed by atoms with Crippen LogP contribution in [0.3, 0.4) is 0 Å². The van der Waals surface area contributed by atoms with Crippen molar-refractivity contribution < 1.29 is 0 Å². The molecule has 4 nitrogen and oxygen atoms in total. The zero-order chi connectivity index (χ0) is 12.6. The lowest BCUT2D eigenvalue weighted by Crippen LogP contribution is -2.08. The first-order valence-corrected chi connectivity index (χ1v) is 6.41. The minimum atomic E-state index is 0.220. The van der Waals surface area contributed by atoms with Crippen LogP contribution in [0.25, 0.3) is 0 Å². The van der Waals surface area contributed by atoms with Gasteiger partial charge in [0.1, 0.15) is 0 Å². The summed E-state index contributed by atoms with van der Waals surface area (Å²) < 4.78 is 1.72. The van der Waals surface area contributed by atoms with Crippen LogP contribution < -0.4 is 11.1 Å². The second kappa shape index (κ2) is 4.41. The number of rotatable bonds is 3. The molecule has 2 aromatic rings. The summed E-state index contributed by atoms with van der Waals surface area (Å²) in [5.41, 5.74) is 7.87. The largest absolute Gasteiger partial charge is 0.394 e. The molecule has 2 heterocycles. The smallest absolute Gasteiger partial charge is 0.171 e. The molecule has 0 saturated carbocycles. The van der Waals surface area contributed by atoms with Crippen LogP contribution >= 0.6 is 11.3 Å². The highest BCUT2D eigenvalue weighted by Crippen LogP contribution is 2.29. The normalized spacial score (nSPS) is 12.7. The molecular formula is C12H18N4S. The highest BCUT2D eigenvalue weighted by molar-refractivity contribution is 7.12. The molecule has 0 aliphatic rings. The number of nitrogens with two attached hydrogens (primary N) is 1. The van der Waals surface area contributed by atoms with Crippen molar-refractivity contribution in [2.75, 3.05) is 11.1 Å². The van der Waals surface area contributed by atoms with Gasteiger partial charge in [0, 0.05) is 23.0 Å². The van der Waals surface area contributed by atoms with Gasteiger partial charge in [-0.25, -0.2) is 0 Å². The number of anilines is 2. The maximum Gasteiger partial charge on any atom is 0.171 e. The minimum Gasteiger partial charge on any atom is -0.394 e. The van der Waals surface area contributed by atoms with E-state index in [9.17, 15) is 0 Å². The van der Waals surface area contributed by atoms with E-state index in [-0.39, 0.29) is 6.04 Å². The topological polar surface area (TPSA) is 55.9 Å². The van der Waals surface area contributed by atoms with Gasteiger partial charge in [-0.2, -0.15) is 5.10 Å². The lowest BCUT2D eigenvalue weighted by Gasteiger charge is -2.13. The molecule has 2 rings (SSSR count). The summed E-state index contributed by atoms with van der Waals surface area (Å²) in [5.74, 6) is 0.753. The first-order valence-electron chi connectivity index (χ1n) is 5.60. The Morgan fingerprint density at radius 3 is 2.65 bits per heavy atom. The molecule has 1 unspecified atom stereocenters. The van der Waals surface area contributed by atoms with E-state index in [1.807, 2.05) is 18.4 Å². The van der Waals surface area contributed by atoms with Gasteiger partial charge in [0.25, 0.3) is 0 Å². The van der Waals surface area contributed by atoms with Crippen molar-refractivity contribution in [1.29, 1.82) is 0 Å². The summed E-state index contributed by atoms with van der Waals surface area (Å²) in [6.45, 7) is 6.40. The van der Waals surface area contributed by atoms with Crippen molar-refractivity contribution in [3.63, 3.8) is 0 Å². The van der Waals surface area contributed by atoms with Crippen LogP contribution in [0.15, 0.2) is 12.3 Å². The van der Waals surface area contributed by atoms with Gasteiger partial charge in [-0.3, -0.25) is 4.68 Å². The molecule has 0 radical (unpaired) electrons. The Kier molecular flexibility index (Phi) is 3.11. The van der Waals surface area contributed by atoms with Crippen LogP contribution in [0, 0.1) is 13.8 Å². The van der Waals surface area contributed by atoms with Crippen LogP contribution in [0.5, 0.6) is 0 Å². The van der Waals surface area contributed by atoms with Crippen LogP contribution in [0.2, 0.25) is 0 Å². The van der Waals surface area contributed by atoms with Crippen molar-refractivity contribution in [2.24, 2.45) is 7.05 Å². The quantitative estimate of drug-likeness (QED) is 0.880. The molecule has 0 fully saturated rings.